The van der Waals surface area contributed by atoms with E-state index in [4.69, 9.17) is 9.84 Å². The number of ether oxygens (including phenoxy) is 1. The summed E-state index contributed by atoms with van der Waals surface area (Å²) in [5.41, 5.74) is 0.719. The van der Waals surface area contributed by atoms with Crippen molar-refractivity contribution in [3.63, 3.8) is 0 Å². The van der Waals surface area contributed by atoms with Crippen molar-refractivity contribution in [2.45, 2.75) is 6.61 Å². The molecule has 100 valence electrons. The predicted molar refractivity (Wildman–Crippen MR) is 67.3 cm³/mol. The molecule has 2 aromatic heterocycles. The minimum absolute atomic E-state index is 0.00642. The molecule has 2 heterocycles. The lowest BCUT2D eigenvalue weighted by atomic mass is 10.2. The van der Waals surface area contributed by atoms with E-state index >= 15 is 0 Å². The molecule has 7 nitrogen and oxygen atoms in total. The van der Waals surface area contributed by atoms with E-state index in [9.17, 15) is 4.79 Å². The van der Waals surface area contributed by atoms with Crippen molar-refractivity contribution >= 4 is 16.9 Å². The lowest BCUT2D eigenvalue weighted by molar-refractivity contribution is 0.0643. The molecule has 3 aromatic rings. The summed E-state index contributed by atoms with van der Waals surface area (Å²) in [6, 6.07) is 9.30. The monoisotopic (exact) mass is 271 g/mol. The Balaban J connectivity index is 1.81. The molecule has 1 N–H and O–H groups in total. The SMILES string of the molecule is O=C(O)c1nc(COc2cccc3cccnc23)no1. The first-order valence-electron chi connectivity index (χ1n) is 5.76. The van der Waals surface area contributed by atoms with E-state index in [1.54, 1.807) is 12.3 Å². The molecular formula is C13H9N3O4. The number of fused-ring (bicyclic) bond motifs is 1. The van der Waals surface area contributed by atoms with Crippen molar-refractivity contribution in [2.24, 2.45) is 0 Å². The molecule has 0 aliphatic carbocycles. The molecule has 0 fully saturated rings. The van der Waals surface area contributed by atoms with Gasteiger partial charge >= 0.3 is 11.9 Å². The zero-order chi connectivity index (χ0) is 13.9. The van der Waals surface area contributed by atoms with Gasteiger partial charge in [0.1, 0.15) is 11.3 Å². The molecule has 0 bridgehead atoms. The first-order valence-corrected chi connectivity index (χ1v) is 5.76. The van der Waals surface area contributed by atoms with Crippen molar-refractivity contribution in [2.75, 3.05) is 0 Å². The van der Waals surface area contributed by atoms with Gasteiger partial charge in [-0.1, -0.05) is 23.4 Å². The highest BCUT2D eigenvalue weighted by atomic mass is 16.5. The minimum atomic E-state index is -1.27. The number of carboxylic acids is 1. The number of benzene rings is 1. The van der Waals surface area contributed by atoms with Gasteiger partial charge in [-0.15, -0.1) is 0 Å². The lowest BCUT2D eigenvalue weighted by Crippen LogP contribution is -2.00. The van der Waals surface area contributed by atoms with Crippen LogP contribution in [0.3, 0.4) is 0 Å². The summed E-state index contributed by atoms with van der Waals surface area (Å²) < 4.78 is 10.1. The zero-order valence-electron chi connectivity index (χ0n) is 10.2. The van der Waals surface area contributed by atoms with Crippen LogP contribution in [0.4, 0.5) is 0 Å². The van der Waals surface area contributed by atoms with Crippen LogP contribution in [0.2, 0.25) is 0 Å². The molecule has 20 heavy (non-hydrogen) atoms. The third-order valence-electron chi connectivity index (χ3n) is 2.60. The second-order valence-electron chi connectivity index (χ2n) is 3.94. The second kappa shape index (κ2) is 4.96. The molecular weight excluding hydrogens is 262 g/mol. The van der Waals surface area contributed by atoms with Gasteiger partial charge in [-0.05, 0) is 12.1 Å². The van der Waals surface area contributed by atoms with Crippen molar-refractivity contribution < 1.29 is 19.2 Å². The van der Waals surface area contributed by atoms with Gasteiger partial charge in [-0.3, -0.25) is 4.98 Å². The summed E-state index contributed by atoms with van der Waals surface area (Å²) in [5, 5.41) is 13.1. The molecule has 3 rings (SSSR count). The lowest BCUT2D eigenvalue weighted by Gasteiger charge is -2.05. The van der Waals surface area contributed by atoms with E-state index in [0.717, 1.165) is 10.9 Å². The van der Waals surface area contributed by atoms with E-state index in [1.165, 1.54) is 0 Å². The molecule has 7 heteroatoms. The average Bonchev–Trinajstić information content (AvgIpc) is 2.94. The number of aromatic nitrogens is 3. The normalized spacial score (nSPS) is 10.6. The van der Waals surface area contributed by atoms with Gasteiger partial charge in [0.25, 0.3) is 0 Å². The Morgan fingerprint density at radius 3 is 2.95 bits per heavy atom. The number of para-hydroxylation sites is 1. The number of hydrogen-bond acceptors (Lipinski definition) is 6. The second-order valence-corrected chi connectivity index (χ2v) is 3.94. The summed E-state index contributed by atoms with van der Waals surface area (Å²) in [6.45, 7) is 0.00642. The third kappa shape index (κ3) is 2.28. The molecule has 1 aromatic carbocycles. The Bertz CT molecular complexity index is 764. The Labute approximate surface area is 112 Å². The number of pyridine rings is 1. The van der Waals surface area contributed by atoms with E-state index in [-0.39, 0.29) is 12.4 Å². The quantitative estimate of drug-likeness (QED) is 0.773. The summed E-state index contributed by atoms with van der Waals surface area (Å²) >= 11 is 0. The van der Waals surface area contributed by atoms with Gasteiger partial charge < -0.3 is 14.4 Å². The smallest absolute Gasteiger partial charge is 0.394 e. The number of carboxylic acid groups (broad SMARTS) is 1. The molecule has 0 saturated carbocycles. The molecule has 0 spiro atoms. The maximum absolute atomic E-state index is 10.6. The first-order chi connectivity index (χ1) is 9.74. The topological polar surface area (TPSA) is 98.3 Å². The van der Waals surface area contributed by atoms with Gasteiger partial charge in [0.05, 0.1) is 0 Å². The van der Waals surface area contributed by atoms with Gasteiger partial charge in [0.2, 0.25) is 5.82 Å². The Hall–Kier alpha value is -2.96. The fraction of sp³-hybridized carbons (Fsp3) is 0.0769. The summed E-state index contributed by atoms with van der Waals surface area (Å²) in [7, 11) is 0. The van der Waals surface area contributed by atoms with Crippen LogP contribution in [0.1, 0.15) is 16.5 Å². The fourth-order valence-corrected chi connectivity index (χ4v) is 1.73. The number of rotatable bonds is 4. The Kier molecular flexibility index (Phi) is 3.00. The van der Waals surface area contributed by atoms with Crippen LogP contribution >= 0.6 is 0 Å². The largest absolute Gasteiger partial charge is 0.483 e. The predicted octanol–water partition coefficient (Wildman–Crippen LogP) is 1.89. The maximum Gasteiger partial charge on any atom is 0.394 e. The van der Waals surface area contributed by atoms with Crippen molar-refractivity contribution in [1.29, 1.82) is 0 Å². The van der Waals surface area contributed by atoms with Crippen LogP contribution in [0.15, 0.2) is 41.1 Å². The molecule has 0 radical (unpaired) electrons. The molecule has 0 saturated heterocycles. The van der Waals surface area contributed by atoms with Crippen molar-refractivity contribution in [1.82, 2.24) is 15.1 Å². The summed E-state index contributed by atoms with van der Waals surface area (Å²) in [6.07, 6.45) is 1.67. The highest BCUT2D eigenvalue weighted by Crippen LogP contribution is 2.23. The minimum Gasteiger partial charge on any atom is -0.483 e. The van der Waals surface area contributed by atoms with Crippen molar-refractivity contribution in [3.8, 4) is 5.75 Å². The van der Waals surface area contributed by atoms with Gasteiger partial charge in [-0.25, -0.2) is 4.79 Å². The van der Waals surface area contributed by atoms with Gasteiger partial charge in [0, 0.05) is 11.6 Å². The maximum atomic E-state index is 10.6. The van der Waals surface area contributed by atoms with Crippen LogP contribution < -0.4 is 4.74 Å². The van der Waals surface area contributed by atoms with E-state index in [1.807, 2.05) is 24.3 Å². The number of nitrogens with zero attached hydrogens (tertiary/aromatic N) is 3. The van der Waals surface area contributed by atoms with Crippen LogP contribution in [-0.2, 0) is 6.61 Å². The standard InChI is InChI=1S/C13H9N3O4/c17-13(18)12-15-10(16-20-12)7-19-9-5-1-3-8-4-2-6-14-11(8)9/h1-6H,7H2,(H,17,18). The van der Waals surface area contributed by atoms with Gasteiger partial charge in [-0.2, -0.15) is 4.98 Å². The number of aromatic carboxylic acids is 1. The van der Waals surface area contributed by atoms with Crippen LogP contribution in [0, 0.1) is 0 Å². The molecule has 0 atom stereocenters. The van der Waals surface area contributed by atoms with Crippen LogP contribution in [-0.4, -0.2) is 26.2 Å². The highest BCUT2D eigenvalue weighted by molar-refractivity contribution is 5.84. The average molecular weight is 271 g/mol. The molecule has 0 amide bonds. The van der Waals surface area contributed by atoms with Crippen LogP contribution in [0.5, 0.6) is 5.75 Å². The van der Waals surface area contributed by atoms with E-state index in [2.05, 4.69) is 19.6 Å². The third-order valence-corrected chi connectivity index (χ3v) is 2.60. The zero-order valence-corrected chi connectivity index (χ0v) is 10.2. The Morgan fingerprint density at radius 2 is 2.15 bits per heavy atom. The number of carbonyl (C=O) groups is 1. The highest BCUT2D eigenvalue weighted by Gasteiger charge is 2.13. The van der Waals surface area contributed by atoms with Gasteiger partial charge in [0.15, 0.2) is 6.61 Å². The summed E-state index contributed by atoms with van der Waals surface area (Å²) in [5.74, 6) is -0.990. The first kappa shape index (κ1) is 12.1. The number of hydrogen-bond donors (Lipinski definition) is 1. The van der Waals surface area contributed by atoms with Crippen LogP contribution in [0.25, 0.3) is 10.9 Å². The fourth-order valence-electron chi connectivity index (χ4n) is 1.73. The van der Waals surface area contributed by atoms with E-state index < -0.39 is 11.9 Å². The van der Waals surface area contributed by atoms with E-state index in [0.29, 0.717) is 5.75 Å². The van der Waals surface area contributed by atoms with Crippen molar-refractivity contribution in [3.05, 3.63) is 48.2 Å². The molecule has 0 aliphatic rings. The summed E-state index contributed by atoms with van der Waals surface area (Å²) in [4.78, 5) is 18.5. The molecule has 0 unspecified atom stereocenters. The molecule has 0 aliphatic heterocycles. The Morgan fingerprint density at radius 1 is 1.30 bits per heavy atom.